The molecule has 3 rings (SSSR count). The van der Waals surface area contributed by atoms with E-state index in [2.05, 4.69) is 15.0 Å². The average Bonchev–Trinajstić information content (AvgIpc) is 3.04. The summed E-state index contributed by atoms with van der Waals surface area (Å²) in [4.78, 5) is 20.2. The van der Waals surface area contributed by atoms with Crippen molar-refractivity contribution in [3.8, 4) is 11.5 Å². The van der Waals surface area contributed by atoms with E-state index in [0.29, 0.717) is 29.7 Å². The summed E-state index contributed by atoms with van der Waals surface area (Å²) in [6.07, 6.45) is 0.565. The highest BCUT2D eigenvalue weighted by molar-refractivity contribution is 6.30. The van der Waals surface area contributed by atoms with Crippen LogP contribution >= 0.6 is 11.6 Å². The summed E-state index contributed by atoms with van der Waals surface area (Å²) in [7, 11) is 0. The summed E-state index contributed by atoms with van der Waals surface area (Å²) < 4.78 is 5.31. The minimum Gasteiger partial charge on any atom is -0.340 e. The molecule has 0 atom stereocenters. The first-order valence-electron chi connectivity index (χ1n) is 7.74. The van der Waals surface area contributed by atoms with Gasteiger partial charge in [0.05, 0.1) is 6.54 Å². The van der Waals surface area contributed by atoms with Gasteiger partial charge in [-0.25, -0.2) is 0 Å². The van der Waals surface area contributed by atoms with Crippen LogP contribution in [0.2, 0.25) is 5.02 Å². The summed E-state index contributed by atoms with van der Waals surface area (Å²) in [5.41, 5.74) is 0.853. The van der Waals surface area contributed by atoms with Gasteiger partial charge in [0.15, 0.2) is 5.82 Å². The van der Waals surface area contributed by atoms with Gasteiger partial charge in [0.25, 0.3) is 5.89 Å². The van der Waals surface area contributed by atoms with E-state index in [1.165, 1.54) is 0 Å². The fourth-order valence-electron chi connectivity index (χ4n) is 2.61. The van der Waals surface area contributed by atoms with Gasteiger partial charge in [0, 0.05) is 43.2 Å². The van der Waals surface area contributed by atoms with Crippen molar-refractivity contribution in [1.82, 2.24) is 19.9 Å². The lowest BCUT2D eigenvalue weighted by Gasteiger charge is -2.33. The van der Waals surface area contributed by atoms with Gasteiger partial charge in [-0.2, -0.15) is 4.98 Å². The van der Waals surface area contributed by atoms with Crippen molar-refractivity contribution in [2.24, 2.45) is 0 Å². The first-order valence-corrected chi connectivity index (χ1v) is 8.12. The Labute approximate surface area is 140 Å². The topological polar surface area (TPSA) is 62.5 Å². The third-order valence-corrected chi connectivity index (χ3v) is 4.20. The van der Waals surface area contributed by atoms with Gasteiger partial charge < -0.3 is 9.42 Å². The van der Waals surface area contributed by atoms with Crippen molar-refractivity contribution in [2.45, 2.75) is 19.9 Å². The second-order valence-corrected chi connectivity index (χ2v) is 5.97. The zero-order valence-corrected chi connectivity index (χ0v) is 13.8. The lowest BCUT2D eigenvalue weighted by Crippen LogP contribution is -2.48. The van der Waals surface area contributed by atoms with Crippen molar-refractivity contribution >= 4 is 17.5 Å². The van der Waals surface area contributed by atoms with E-state index in [1.54, 1.807) is 12.1 Å². The fraction of sp³-hybridized carbons (Fsp3) is 0.438. The Hall–Kier alpha value is -1.92. The Kier molecular flexibility index (Phi) is 4.93. The lowest BCUT2D eigenvalue weighted by molar-refractivity contribution is -0.132. The fourth-order valence-corrected chi connectivity index (χ4v) is 2.73. The number of rotatable bonds is 4. The van der Waals surface area contributed by atoms with Crippen LogP contribution in [0.4, 0.5) is 0 Å². The van der Waals surface area contributed by atoms with E-state index >= 15 is 0 Å². The van der Waals surface area contributed by atoms with Gasteiger partial charge in [0.2, 0.25) is 5.91 Å². The maximum atomic E-state index is 11.7. The molecule has 0 bridgehead atoms. The molecule has 2 heterocycles. The molecular formula is C16H19ClN4O2. The first-order chi connectivity index (χ1) is 11.2. The Bertz CT molecular complexity index is 663. The highest BCUT2D eigenvalue weighted by atomic mass is 35.5. The molecular weight excluding hydrogens is 316 g/mol. The number of benzene rings is 1. The molecule has 1 aromatic heterocycles. The number of hydrogen-bond acceptors (Lipinski definition) is 5. The zero-order chi connectivity index (χ0) is 16.2. The van der Waals surface area contributed by atoms with E-state index in [9.17, 15) is 4.79 Å². The Balaban J connectivity index is 1.58. The number of nitrogens with zero attached hydrogens (tertiary/aromatic N) is 4. The average molecular weight is 335 g/mol. The SMILES string of the molecule is CCC(=O)N1CCN(Cc2noc(-c3ccc(Cl)cc3)n2)CC1. The molecule has 0 aliphatic carbocycles. The van der Waals surface area contributed by atoms with Crippen LogP contribution in [0.5, 0.6) is 0 Å². The van der Waals surface area contributed by atoms with E-state index in [1.807, 2.05) is 24.0 Å². The molecule has 1 aliphatic rings. The standard InChI is InChI=1S/C16H19ClN4O2/c1-2-15(22)21-9-7-20(8-10-21)11-14-18-16(23-19-14)12-3-5-13(17)6-4-12/h3-6H,2,7-11H2,1H3. The molecule has 1 aliphatic heterocycles. The van der Waals surface area contributed by atoms with Crippen LogP contribution in [-0.2, 0) is 11.3 Å². The Morgan fingerprint density at radius 2 is 1.91 bits per heavy atom. The van der Waals surface area contributed by atoms with Gasteiger partial charge in [0.1, 0.15) is 0 Å². The number of carbonyl (C=O) groups excluding carboxylic acids is 1. The number of halogens is 1. The predicted molar refractivity (Wildman–Crippen MR) is 86.9 cm³/mol. The van der Waals surface area contributed by atoms with Crippen LogP contribution in [-0.4, -0.2) is 52.0 Å². The molecule has 2 aromatic rings. The summed E-state index contributed by atoms with van der Waals surface area (Å²) in [6, 6.07) is 7.30. The molecule has 0 spiro atoms. The molecule has 122 valence electrons. The summed E-state index contributed by atoms with van der Waals surface area (Å²) in [6.45, 7) is 5.70. The van der Waals surface area contributed by atoms with Gasteiger partial charge in [-0.1, -0.05) is 23.7 Å². The van der Waals surface area contributed by atoms with Crippen LogP contribution < -0.4 is 0 Å². The minimum atomic E-state index is 0.217. The molecule has 0 saturated carbocycles. The summed E-state index contributed by atoms with van der Waals surface area (Å²) in [5, 5.41) is 4.71. The van der Waals surface area contributed by atoms with Crippen LogP contribution in [0.1, 0.15) is 19.2 Å². The van der Waals surface area contributed by atoms with Crippen molar-refractivity contribution in [3.05, 3.63) is 35.1 Å². The largest absolute Gasteiger partial charge is 0.340 e. The molecule has 0 radical (unpaired) electrons. The van der Waals surface area contributed by atoms with Crippen molar-refractivity contribution in [1.29, 1.82) is 0 Å². The molecule has 23 heavy (non-hydrogen) atoms. The normalized spacial score (nSPS) is 15.8. The summed E-state index contributed by atoms with van der Waals surface area (Å²) in [5.74, 6) is 1.37. The quantitative estimate of drug-likeness (QED) is 0.859. The first kappa shape index (κ1) is 16.0. The van der Waals surface area contributed by atoms with E-state index in [0.717, 1.165) is 31.7 Å². The molecule has 1 saturated heterocycles. The molecule has 1 amide bonds. The zero-order valence-electron chi connectivity index (χ0n) is 13.0. The summed E-state index contributed by atoms with van der Waals surface area (Å²) >= 11 is 5.88. The lowest BCUT2D eigenvalue weighted by atomic mass is 10.2. The molecule has 1 aromatic carbocycles. The van der Waals surface area contributed by atoms with Gasteiger partial charge in [-0.3, -0.25) is 9.69 Å². The van der Waals surface area contributed by atoms with Gasteiger partial charge >= 0.3 is 0 Å². The predicted octanol–water partition coefficient (Wildman–Crippen LogP) is 2.44. The highest BCUT2D eigenvalue weighted by Crippen LogP contribution is 2.20. The van der Waals surface area contributed by atoms with Crippen LogP contribution in [0.25, 0.3) is 11.5 Å². The van der Waals surface area contributed by atoms with Gasteiger partial charge in [-0.05, 0) is 24.3 Å². The van der Waals surface area contributed by atoms with E-state index in [-0.39, 0.29) is 5.91 Å². The third kappa shape index (κ3) is 3.89. The van der Waals surface area contributed by atoms with Crippen molar-refractivity contribution in [3.63, 3.8) is 0 Å². The molecule has 1 fully saturated rings. The second-order valence-electron chi connectivity index (χ2n) is 5.53. The number of amides is 1. The number of aromatic nitrogens is 2. The van der Waals surface area contributed by atoms with Crippen LogP contribution in [0.3, 0.4) is 0 Å². The van der Waals surface area contributed by atoms with Crippen molar-refractivity contribution < 1.29 is 9.32 Å². The number of carbonyl (C=O) groups is 1. The van der Waals surface area contributed by atoms with Crippen LogP contribution in [0, 0.1) is 0 Å². The molecule has 0 unspecified atom stereocenters. The Morgan fingerprint density at radius 3 is 2.57 bits per heavy atom. The van der Waals surface area contributed by atoms with Crippen molar-refractivity contribution in [2.75, 3.05) is 26.2 Å². The van der Waals surface area contributed by atoms with E-state index < -0.39 is 0 Å². The smallest absolute Gasteiger partial charge is 0.257 e. The maximum absolute atomic E-state index is 11.7. The molecule has 0 N–H and O–H groups in total. The monoisotopic (exact) mass is 334 g/mol. The third-order valence-electron chi connectivity index (χ3n) is 3.95. The molecule has 7 heteroatoms. The number of piperazine rings is 1. The molecule has 6 nitrogen and oxygen atoms in total. The second kappa shape index (κ2) is 7.10. The maximum Gasteiger partial charge on any atom is 0.257 e. The highest BCUT2D eigenvalue weighted by Gasteiger charge is 2.21. The van der Waals surface area contributed by atoms with Gasteiger partial charge in [-0.15, -0.1) is 0 Å². The number of hydrogen-bond donors (Lipinski definition) is 0. The minimum absolute atomic E-state index is 0.217. The van der Waals surface area contributed by atoms with E-state index in [4.69, 9.17) is 16.1 Å². The van der Waals surface area contributed by atoms with Crippen LogP contribution in [0.15, 0.2) is 28.8 Å². The Morgan fingerprint density at radius 1 is 1.22 bits per heavy atom.